The average molecular weight is 310 g/mol. The van der Waals surface area contributed by atoms with Gasteiger partial charge in [-0.15, -0.1) is 0 Å². The third kappa shape index (κ3) is 13.4. The summed E-state index contributed by atoms with van der Waals surface area (Å²) in [4.78, 5) is 21.9. The second kappa shape index (κ2) is 14.4. The molecule has 0 fully saturated rings. The normalized spacial score (nSPS) is 12.0. The molecule has 0 bridgehead atoms. The number of hydrogen-bond acceptors (Lipinski definition) is 3. The molecule has 0 aliphatic rings. The van der Waals surface area contributed by atoms with Gasteiger partial charge in [0.2, 0.25) is 5.76 Å². The molecule has 0 heterocycles. The summed E-state index contributed by atoms with van der Waals surface area (Å²) in [7, 11) is 0. The Morgan fingerprint density at radius 3 is 2.05 bits per heavy atom. The second-order valence-electron chi connectivity index (χ2n) is 5.59. The van der Waals surface area contributed by atoms with Gasteiger partial charge in [-0.25, -0.2) is 4.79 Å². The average Bonchev–Trinajstić information content (AvgIpc) is 2.49. The van der Waals surface area contributed by atoms with Crippen LogP contribution in [0, 0.1) is 0 Å². The lowest BCUT2D eigenvalue weighted by Gasteiger charge is -2.01. The highest BCUT2D eigenvalue weighted by molar-refractivity contribution is 5.83. The van der Waals surface area contributed by atoms with Crippen LogP contribution in [0.2, 0.25) is 0 Å². The van der Waals surface area contributed by atoms with Crippen LogP contribution in [-0.4, -0.2) is 22.0 Å². The lowest BCUT2D eigenvalue weighted by Crippen LogP contribution is -1.97. The summed E-state index contributed by atoms with van der Waals surface area (Å²) < 4.78 is 0. The van der Waals surface area contributed by atoms with Crippen molar-refractivity contribution in [1.82, 2.24) is 0 Å². The van der Waals surface area contributed by atoms with E-state index in [1.54, 1.807) is 6.08 Å². The van der Waals surface area contributed by atoms with Gasteiger partial charge < -0.3 is 10.2 Å². The van der Waals surface area contributed by atoms with Crippen LogP contribution in [0.5, 0.6) is 0 Å². The number of ketones is 1. The van der Waals surface area contributed by atoms with Crippen LogP contribution in [0.15, 0.2) is 24.0 Å². The summed E-state index contributed by atoms with van der Waals surface area (Å²) in [6.07, 6.45) is 15.6. The smallest absolute Gasteiger partial charge is 0.370 e. The molecule has 0 aliphatic carbocycles. The number of rotatable bonds is 14. The number of Topliss-reactive ketones (excluding diaryl/α,β-unsaturated/α-hetero) is 1. The molecule has 0 rings (SSSR count). The zero-order valence-corrected chi connectivity index (χ0v) is 13.7. The fourth-order valence-electron chi connectivity index (χ4n) is 2.14. The summed E-state index contributed by atoms with van der Waals surface area (Å²) in [5, 5.41) is 17.3. The Bertz CT molecular complexity index is 369. The van der Waals surface area contributed by atoms with E-state index in [2.05, 4.69) is 6.92 Å². The quantitative estimate of drug-likeness (QED) is 0.206. The fourth-order valence-corrected chi connectivity index (χ4v) is 2.14. The van der Waals surface area contributed by atoms with E-state index in [0.29, 0.717) is 12.2 Å². The third-order valence-corrected chi connectivity index (χ3v) is 3.49. The van der Waals surface area contributed by atoms with E-state index in [4.69, 9.17) is 10.2 Å². The highest BCUT2D eigenvalue weighted by atomic mass is 16.4. The number of aliphatic hydroxyl groups is 1. The van der Waals surface area contributed by atoms with Crippen LogP contribution in [-0.2, 0) is 9.59 Å². The Hall–Kier alpha value is -1.58. The van der Waals surface area contributed by atoms with Gasteiger partial charge in [-0.05, 0) is 31.8 Å². The van der Waals surface area contributed by atoms with Crippen LogP contribution in [0.1, 0.15) is 77.6 Å². The van der Waals surface area contributed by atoms with E-state index < -0.39 is 11.7 Å². The van der Waals surface area contributed by atoms with Crippen molar-refractivity contribution >= 4 is 11.8 Å². The molecule has 0 saturated carbocycles. The maximum Gasteiger partial charge on any atom is 0.370 e. The third-order valence-electron chi connectivity index (χ3n) is 3.49. The van der Waals surface area contributed by atoms with Crippen molar-refractivity contribution in [3.05, 3.63) is 24.0 Å². The highest BCUT2D eigenvalue weighted by Crippen LogP contribution is 2.10. The standard InChI is InChI=1S/C18H30O4/c1-2-3-4-10-13-16(19)14-11-8-6-5-7-9-12-15-17(20)18(21)22/h9,12,15,20H,2-8,10-11,13-14H2,1H3,(H,21,22). The van der Waals surface area contributed by atoms with E-state index in [-0.39, 0.29) is 0 Å². The summed E-state index contributed by atoms with van der Waals surface area (Å²) in [5.74, 6) is -1.57. The summed E-state index contributed by atoms with van der Waals surface area (Å²) in [5.41, 5.74) is 0. The summed E-state index contributed by atoms with van der Waals surface area (Å²) in [6.45, 7) is 2.17. The van der Waals surface area contributed by atoms with Gasteiger partial charge in [-0.3, -0.25) is 4.79 Å². The first-order chi connectivity index (χ1) is 10.6. The summed E-state index contributed by atoms with van der Waals surface area (Å²) in [6, 6.07) is 0. The highest BCUT2D eigenvalue weighted by Gasteiger charge is 2.01. The largest absolute Gasteiger partial charge is 0.502 e. The fraction of sp³-hybridized carbons (Fsp3) is 0.667. The van der Waals surface area contributed by atoms with Gasteiger partial charge in [-0.1, -0.05) is 51.2 Å². The topological polar surface area (TPSA) is 74.6 Å². The predicted octanol–water partition coefficient (Wildman–Crippen LogP) is 4.95. The lowest BCUT2D eigenvalue weighted by atomic mass is 10.0. The van der Waals surface area contributed by atoms with Gasteiger partial charge in [0, 0.05) is 12.8 Å². The minimum atomic E-state index is -1.32. The molecular formula is C18H30O4. The lowest BCUT2D eigenvalue weighted by molar-refractivity contribution is -0.135. The van der Waals surface area contributed by atoms with E-state index in [9.17, 15) is 9.59 Å². The maximum absolute atomic E-state index is 11.6. The Morgan fingerprint density at radius 2 is 1.45 bits per heavy atom. The van der Waals surface area contributed by atoms with E-state index in [0.717, 1.165) is 44.9 Å². The van der Waals surface area contributed by atoms with Gasteiger partial charge in [0.15, 0.2) is 0 Å². The molecule has 4 heteroatoms. The Labute approximate surface area is 133 Å². The van der Waals surface area contributed by atoms with Gasteiger partial charge in [-0.2, -0.15) is 0 Å². The first-order valence-electron chi connectivity index (χ1n) is 8.38. The molecule has 0 saturated heterocycles. The predicted molar refractivity (Wildman–Crippen MR) is 89.0 cm³/mol. The molecular weight excluding hydrogens is 280 g/mol. The number of carboxylic acid groups (broad SMARTS) is 1. The molecule has 126 valence electrons. The first-order valence-corrected chi connectivity index (χ1v) is 8.38. The molecule has 4 nitrogen and oxygen atoms in total. The van der Waals surface area contributed by atoms with Crippen LogP contribution in [0.3, 0.4) is 0 Å². The maximum atomic E-state index is 11.6. The van der Waals surface area contributed by atoms with Crippen LogP contribution in [0.25, 0.3) is 0 Å². The number of carboxylic acids is 1. The van der Waals surface area contributed by atoms with Gasteiger partial charge >= 0.3 is 5.97 Å². The molecule has 0 aromatic carbocycles. The second-order valence-corrected chi connectivity index (χ2v) is 5.59. The van der Waals surface area contributed by atoms with E-state index in [1.807, 2.05) is 6.08 Å². The minimum Gasteiger partial charge on any atom is -0.502 e. The van der Waals surface area contributed by atoms with Crippen LogP contribution < -0.4 is 0 Å². The van der Waals surface area contributed by atoms with E-state index in [1.165, 1.54) is 25.3 Å². The first kappa shape index (κ1) is 20.4. The van der Waals surface area contributed by atoms with Crippen molar-refractivity contribution < 1.29 is 19.8 Å². The molecule has 0 radical (unpaired) electrons. The molecule has 0 spiro atoms. The number of aliphatic carboxylic acids is 1. The van der Waals surface area contributed by atoms with Gasteiger partial charge in [0.1, 0.15) is 5.78 Å². The van der Waals surface area contributed by atoms with Crippen molar-refractivity contribution in [3.8, 4) is 0 Å². The van der Waals surface area contributed by atoms with Crippen molar-refractivity contribution in [2.45, 2.75) is 77.6 Å². The van der Waals surface area contributed by atoms with E-state index >= 15 is 0 Å². The Morgan fingerprint density at radius 1 is 0.864 bits per heavy atom. The van der Waals surface area contributed by atoms with Crippen LogP contribution in [0.4, 0.5) is 0 Å². The molecule has 0 aliphatic heterocycles. The number of carbonyl (C=O) groups excluding carboxylic acids is 1. The molecule has 0 amide bonds. The minimum absolute atomic E-state index is 0.394. The van der Waals surface area contributed by atoms with Gasteiger partial charge in [0.05, 0.1) is 0 Å². The van der Waals surface area contributed by atoms with Crippen molar-refractivity contribution in [3.63, 3.8) is 0 Å². The summed E-state index contributed by atoms with van der Waals surface area (Å²) >= 11 is 0. The molecule has 2 N–H and O–H groups in total. The van der Waals surface area contributed by atoms with Crippen molar-refractivity contribution in [2.75, 3.05) is 0 Å². The zero-order chi connectivity index (χ0) is 16.6. The van der Waals surface area contributed by atoms with Crippen LogP contribution >= 0.6 is 0 Å². The number of allylic oxidation sites excluding steroid dienone is 3. The number of hydrogen-bond donors (Lipinski definition) is 2. The Kier molecular flexibility index (Phi) is 13.3. The number of carbonyl (C=O) groups is 2. The molecule has 0 aromatic rings. The number of unbranched alkanes of at least 4 members (excludes halogenated alkanes) is 7. The molecule has 22 heavy (non-hydrogen) atoms. The Balaban J connectivity index is 3.43. The van der Waals surface area contributed by atoms with Gasteiger partial charge in [0.25, 0.3) is 0 Å². The monoisotopic (exact) mass is 310 g/mol. The molecule has 0 aromatic heterocycles. The van der Waals surface area contributed by atoms with Crippen molar-refractivity contribution in [2.24, 2.45) is 0 Å². The molecule has 0 unspecified atom stereocenters. The number of aliphatic hydroxyl groups excluding tert-OH is 1. The molecule has 0 atom stereocenters. The SMILES string of the molecule is CCCCCCC(=O)CCCCCCC=CC=C(O)C(=O)O. The van der Waals surface area contributed by atoms with Crippen molar-refractivity contribution in [1.29, 1.82) is 0 Å². The zero-order valence-electron chi connectivity index (χ0n) is 13.7.